The van der Waals surface area contributed by atoms with E-state index in [1.807, 2.05) is 6.92 Å². The van der Waals surface area contributed by atoms with Crippen LogP contribution in [0.3, 0.4) is 0 Å². The lowest BCUT2D eigenvalue weighted by atomic mass is 10.1. The van der Waals surface area contributed by atoms with Crippen LogP contribution < -0.4 is 5.32 Å². The van der Waals surface area contributed by atoms with E-state index in [9.17, 15) is 0 Å². The van der Waals surface area contributed by atoms with Gasteiger partial charge in [0.1, 0.15) is 0 Å². The van der Waals surface area contributed by atoms with Crippen molar-refractivity contribution in [3.63, 3.8) is 0 Å². The van der Waals surface area contributed by atoms with E-state index in [1.54, 1.807) is 0 Å². The van der Waals surface area contributed by atoms with E-state index >= 15 is 0 Å². The minimum absolute atomic E-state index is 0.158. The zero-order valence-corrected chi connectivity index (χ0v) is 10.3. The van der Waals surface area contributed by atoms with Crippen molar-refractivity contribution >= 4 is 0 Å². The molecular formula is C11H20N4O. The molecule has 0 saturated carbocycles. The molecule has 1 fully saturated rings. The van der Waals surface area contributed by atoms with Crippen molar-refractivity contribution in [2.45, 2.75) is 39.3 Å². The molecule has 1 saturated heterocycles. The summed E-state index contributed by atoms with van der Waals surface area (Å²) >= 11 is 0. The average molecular weight is 224 g/mol. The molecule has 1 aliphatic heterocycles. The third-order valence-electron chi connectivity index (χ3n) is 2.80. The molecule has 0 spiro atoms. The largest absolute Gasteiger partial charge is 0.338 e. The Bertz CT molecular complexity index is 348. The average Bonchev–Trinajstić information content (AvgIpc) is 2.49. The number of nitrogens with one attached hydrogen (secondary N) is 1. The lowest BCUT2D eigenvalue weighted by molar-refractivity contribution is 0.197. The quantitative estimate of drug-likeness (QED) is 0.810. The molecular weight excluding hydrogens is 204 g/mol. The molecule has 1 aromatic heterocycles. The van der Waals surface area contributed by atoms with Gasteiger partial charge in [-0.25, -0.2) is 0 Å². The molecule has 5 nitrogen and oxygen atoms in total. The van der Waals surface area contributed by atoms with Crippen LogP contribution in [0.1, 0.15) is 32.0 Å². The zero-order chi connectivity index (χ0) is 11.6. The van der Waals surface area contributed by atoms with Crippen molar-refractivity contribution in [2.24, 2.45) is 0 Å². The monoisotopic (exact) mass is 224 g/mol. The van der Waals surface area contributed by atoms with Gasteiger partial charge in [0, 0.05) is 12.1 Å². The Kier molecular flexibility index (Phi) is 3.25. The van der Waals surface area contributed by atoms with Crippen molar-refractivity contribution < 1.29 is 4.52 Å². The van der Waals surface area contributed by atoms with E-state index in [0.29, 0.717) is 5.82 Å². The summed E-state index contributed by atoms with van der Waals surface area (Å²) in [7, 11) is 0. The van der Waals surface area contributed by atoms with E-state index in [4.69, 9.17) is 4.52 Å². The van der Waals surface area contributed by atoms with Crippen LogP contribution >= 0.6 is 0 Å². The molecule has 5 heteroatoms. The highest BCUT2D eigenvalue weighted by molar-refractivity contribution is 4.88. The number of hydrogen-bond donors (Lipinski definition) is 1. The van der Waals surface area contributed by atoms with Crippen LogP contribution in [0.15, 0.2) is 4.52 Å². The number of aryl methyl sites for hydroxylation is 1. The second kappa shape index (κ2) is 4.51. The van der Waals surface area contributed by atoms with Gasteiger partial charge in [-0.15, -0.1) is 0 Å². The van der Waals surface area contributed by atoms with Gasteiger partial charge in [0.15, 0.2) is 5.82 Å². The Hall–Kier alpha value is -0.940. The molecule has 0 radical (unpaired) electrons. The highest BCUT2D eigenvalue weighted by atomic mass is 16.5. The molecule has 1 aliphatic rings. The van der Waals surface area contributed by atoms with Gasteiger partial charge < -0.3 is 9.84 Å². The maximum atomic E-state index is 5.15. The molecule has 0 aliphatic carbocycles. The van der Waals surface area contributed by atoms with Gasteiger partial charge in [0.2, 0.25) is 5.89 Å². The maximum absolute atomic E-state index is 5.15. The molecule has 0 bridgehead atoms. The molecule has 1 aromatic rings. The smallest absolute Gasteiger partial charge is 0.240 e. The third-order valence-corrected chi connectivity index (χ3v) is 2.80. The second-order valence-electron chi connectivity index (χ2n) is 5.11. The van der Waals surface area contributed by atoms with Crippen LogP contribution in [0.25, 0.3) is 0 Å². The normalized spacial score (nSPS) is 21.9. The van der Waals surface area contributed by atoms with Gasteiger partial charge in [-0.2, -0.15) is 4.98 Å². The molecule has 0 amide bonds. The van der Waals surface area contributed by atoms with Gasteiger partial charge in [0.05, 0.1) is 6.54 Å². The van der Waals surface area contributed by atoms with Gasteiger partial charge in [0.25, 0.3) is 0 Å². The van der Waals surface area contributed by atoms with Crippen LogP contribution in [0.2, 0.25) is 0 Å². The number of aromatic nitrogens is 2. The van der Waals surface area contributed by atoms with E-state index in [-0.39, 0.29) is 5.54 Å². The van der Waals surface area contributed by atoms with Gasteiger partial charge in [-0.1, -0.05) is 5.16 Å². The topological polar surface area (TPSA) is 54.2 Å². The first-order chi connectivity index (χ1) is 7.55. The first-order valence-corrected chi connectivity index (χ1v) is 5.82. The summed E-state index contributed by atoms with van der Waals surface area (Å²) in [6, 6.07) is 0. The fourth-order valence-electron chi connectivity index (χ4n) is 2.15. The Morgan fingerprint density at radius 2 is 2.31 bits per heavy atom. The first-order valence-electron chi connectivity index (χ1n) is 5.82. The summed E-state index contributed by atoms with van der Waals surface area (Å²) < 4.78 is 5.15. The fourth-order valence-corrected chi connectivity index (χ4v) is 2.15. The minimum Gasteiger partial charge on any atom is -0.338 e. The predicted octanol–water partition coefficient (Wildman–Crippen LogP) is 0.952. The number of nitrogens with zero attached hydrogens (tertiary/aromatic N) is 3. The summed E-state index contributed by atoms with van der Waals surface area (Å²) in [6.45, 7) is 10.2. The van der Waals surface area contributed by atoms with E-state index in [1.165, 1.54) is 0 Å². The molecule has 2 heterocycles. The van der Waals surface area contributed by atoms with Crippen LogP contribution in [-0.2, 0) is 6.54 Å². The molecule has 0 unspecified atom stereocenters. The Balaban J connectivity index is 1.98. The van der Waals surface area contributed by atoms with Crippen molar-refractivity contribution in [3.8, 4) is 0 Å². The van der Waals surface area contributed by atoms with Gasteiger partial charge in [-0.3, -0.25) is 4.90 Å². The van der Waals surface area contributed by atoms with E-state index in [2.05, 4.69) is 34.2 Å². The standard InChI is InChI=1S/C11H20N4O/c1-9-13-10(16-14-9)7-15-6-4-5-12-11(2,3)8-15/h12H,4-8H2,1-3H3. The number of hydrogen-bond acceptors (Lipinski definition) is 5. The van der Waals surface area contributed by atoms with Crippen molar-refractivity contribution in [1.82, 2.24) is 20.4 Å². The van der Waals surface area contributed by atoms with E-state index in [0.717, 1.165) is 38.5 Å². The SMILES string of the molecule is Cc1noc(CN2CCCNC(C)(C)C2)n1. The maximum Gasteiger partial charge on any atom is 0.240 e. The third kappa shape index (κ3) is 3.02. The Labute approximate surface area is 96.2 Å². The molecule has 1 N–H and O–H groups in total. The molecule has 0 aromatic carbocycles. The number of rotatable bonds is 2. The summed E-state index contributed by atoms with van der Waals surface area (Å²) in [5.41, 5.74) is 0.158. The predicted molar refractivity (Wildman–Crippen MR) is 61.0 cm³/mol. The van der Waals surface area contributed by atoms with Crippen LogP contribution in [0.4, 0.5) is 0 Å². The van der Waals surface area contributed by atoms with Gasteiger partial charge in [-0.05, 0) is 40.3 Å². The van der Waals surface area contributed by atoms with Gasteiger partial charge >= 0.3 is 0 Å². The van der Waals surface area contributed by atoms with Crippen LogP contribution in [-0.4, -0.2) is 40.2 Å². The highest BCUT2D eigenvalue weighted by Crippen LogP contribution is 2.12. The fraction of sp³-hybridized carbons (Fsp3) is 0.818. The Morgan fingerprint density at radius 3 is 3.00 bits per heavy atom. The minimum atomic E-state index is 0.158. The van der Waals surface area contributed by atoms with Crippen LogP contribution in [0.5, 0.6) is 0 Å². The zero-order valence-electron chi connectivity index (χ0n) is 10.3. The summed E-state index contributed by atoms with van der Waals surface area (Å²) in [5.74, 6) is 1.43. The van der Waals surface area contributed by atoms with Crippen molar-refractivity contribution in [3.05, 3.63) is 11.7 Å². The summed E-state index contributed by atoms with van der Waals surface area (Å²) in [5, 5.41) is 7.35. The van der Waals surface area contributed by atoms with Crippen molar-refractivity contribution in [1.29, 1.82) is 0 Å². The van der Waals surface area contributed by atoms with Crippen LogP contribution in [0, 0.1) is 6.92 Å². The molecule has 90 valence electrons. The molecule has 0 atom stereocenters. The molecule has 2 rings (SSSR count). The van der Waals surface area contributed by atoms with Crippen molar-refractivity contribution in [2.75, 3.05) is 19.6 Å². The lowest BCUT2D eigenvalue weighted by Gasteiger charge is -2.29. The summed E-state index contributed by atoms with van der Waals surface area (Å²) in [6.07, 6.45) is 1.16. The lowest BCUT2D eigenvalue weighted by Crippen LogP contribution is -2.46. The Morgan fingerprint density at radius 1 is 1.50 bits per heavy atom. The second-order valence-corrected chi connectivity index (χ2v) is 5.11. The highest BCUT2D eigenvalue weighted by Gasteiger charge is 2.24. The first kappa shape index (κ1) is 11.5. The van der Waals surface area contributed by atoms with E-state index < -0.39 is 0 Å². The molecule has 16 heavy (non-hydrogen) atoms. The summed E-state index contributed by atoms with van der Waals surface area (Å²) in [4.78, 5) is 6.61.